The summed E-state index contributed by atoms with van der Waals surface area (Å²) in [6.07, 6.45) is 0.394. The predicted molar refractivity (Wildman–Crippen MR) is 44.9 cm³/mol. The summed E-state index contributed by atoms with van der Waals surface area (Å²) in [7, 11) is 0. The van der Waals surface area contributed by atoms with Crippen molar-refractivity contribution in [2.24, 2.45) is 11.8 Å². The third-order valence-corrected chi connectivity index (χ3v) is 2.39. The van der Waals surface area contributed by atoms with Crippen molar-refractivity contribution in [3.63, 3.8) is 0 Å². The number of carbonyl (C=O) groups excluding carboxylic acids is 2. The van der Waals surface area contributed by atoms with Crippen LogP contribution in [0.2, 0.25) is 0 Å². The summed E-state index contributed by atoms with van der Waals surface area (Å²) in [5.74, 6) is 0.138. The standard InChI is InChI=1S/C7H10N2O2.ClH/c10-6-1-5(7(11)9-6)4-2-8-3-4;/h4-5,8H,1-3H2,(H,9,10,11);1H. The predicted octanol–water partition coefficient (Wildman–Crippen LogP) is -0.710. The van der Waals surface area contributed by atoms with Gasteiger partial charge in [0.2, 0.25) is 11.8 Å². The van der Waals surface area contributed by atoms with Crippen LogP contribution in [-0.2, 0) is 9.59 Å². The molecule has 0 spiro atoms. The maximum absolute atomic E-state index is 11.1. The molecule has 2 amide bonds. The van der Waals surface area contributed by atoms with Crippen molar-refractivity contribution in [1.29, 1.82) is 0 Å². The van der Waals surface area contributed by atoms with Crippen LogP contribution in [0.4, 0.5) is 0 Å². The van der Waals surface area contributed by atoms with Crippen molar-refractivity contribution in [3.8, 4) is 0 Å². The molecule has 0 aromatic heterocycles. The molecule has 2 fully saturated rings. The molecule has 0 saturated carbocycles. The molecule has 68 valence electrons. The van der Waals surface area contributed by atoms with Crippen molar-refractivity contribution in [3.05, 3.63) is 0 Å². The maximum Gasteiger partial charge on any atom is 0.230 e. The molecular formula is C7H11ClN2O2. The smallest absolute Gasteiger partial charge is 0.230 e. The Bertz CT molecular complexity index is 215. The molecule has 1 unspecified atom stereocenters. The largest absolute Gasteiger partial charge is 0.316 e. The van der Waals surface area contributed by atoms with Crippen LogP contribution in [0.5, 0.6) is 0 Å². The van der Waals surface area contributed by atoms with E-state index < -0.39 is 0 Å². The lowest BCUT2D eigenvalue weighted by molar-refractivity contribution is -0.126. The molecule has 0 radical (unpaired) electrons. The van der Waals surface area contributed by atoms with Gasteiger partial charge in [0.05, 0.1) is 5.92 Å². The number of imide groups is 1. The van der Waals surface area contributed by atoms with Gasteiger partial charge in [0.1, 0.15) is 0 Å². The Morgan fingerprint density at radius 3 is 2.25 bits per heavy atom. The van der Waals surface area contributed by atoms with Gasteiger partial charge in [0, 0.05) is 6.42 Å². The van der Waals surface area contributed by atoms with Gasteiger partial charge in [-0.1, -0.05) is 0 Å². The summed E-state index contributed by atoms with van der Waals surface area (Å²) in [5.41, 5.74) is 0. The second-order valence-electron chi connectivity index (χ2n) is 3.14. The molecule has 2 aliphatic rings. The summed E-state index contributed by atoms with van der Waals surface area (Å²) in [5, 5.41) is 5.39. The van der Waals surface area contributed by atoms with Crippen LogP contribution in [-0.4, -0.2) is 24.9 Å². The minimum Gasteiger partial charge on any atom is -0.316 e. The number of hydrogen-bond acceptors (Lipinski definition) is 3. The normalized spacial score (nSPS) is 29.2. The van der Waals surface area contributed by atoms with Crippen molar-refractivity contribution < 1.29 is 9.59 Å². The Kier molecular flexibility index (Phi) is 2.69. The topological polar surface area (TPSA) is 58.2 Å². The summed E-state index contributed by atoms with van der Waals surface area (Å²) in [6.45, 7) is 1.76. The molecule has 0 aliphatic carbocycles. The van der Waals surface area contributed by atoms with Gasteiger partial charge in [0.25, 0.3) is 0 Å². The van der Waals surface area contributed by atoms with Crippen LogP contribution in [0.1, 0.15) is 6.42 Å². The van der Waals surface area contributed by atoms with Gasteiger partial charge in [-0.2, -0.15) is 0 Å². The molecule has 5 heteroatoms. The van der Waals surface area contributed by atoms with Gasteiger partial charge >= 0.3 is 0 Å². The van der Waals surface area contributed by atoms with Crippen LogP contribution in [0.25, 0.3) is 0 Å². The van der Waals surface area contributed by atoms with Gasteiger partial charge in [-0.3, -0.25) is 14.9 Å². The molecule has 12 heavy (non-hydrogen) atoms. The average molecular weight is 191 g/mol. The average Bonchev–Trinajstić information content (AvgIpc) is 2.07. The zero-order valence-corrected chi connectivity index (χ0v) is 7.32. The quantitative estimate of drug-likeness (QED) is 0.538. The van der Waals surface area contributed by atoms with E-state index in [2.05, 4.69) is 10.6 Å². The van der Waals surface area contributed by atoms with Crippen LogP contribution in [0, 0.1) is 11.8 Å². The second-order valence-corrected chi connectivity index (χ2v) is 3.14. The van der Waals surface area contributed by atoms with Gasteiger partial charge < -0.3 is 5.32 Å². The maximum atomic E-state index is 11.1. The van der Waals surface area contributed by atoms with Gasteiger partial charge in [0.15, 0.2) is 0 Å². The fourth-order valence-corrected chi connectivity index (χ4v) is 1.55. The molecule has 2 heterocycles. The highest BCUT2D eigenvalue weighted by Crippen LogP contribution is 2.23. The summed E-state index contributed by atoms with van der Waals surface area (Å²) in [6, 6.07) is 0. The monoisotopic (exact) mass is 190 g/mol. The Balaban J connectivity index is 0.000000720. The molecule has 2 rings (SSSR count). The van der Waals surface area contributed by atoms with Crippen molar-refractivity contribution in [2.75, 3.05) is 13.1 Å². The number of halogens is 1. The van der Waals surface area contributed by atoms with Crippen LogP contribution in [0.15, 0.2) is 0 Å². The highest BCUT2D eigenvalue weighted by atomic mass is 35.5. The van der Waals surface area contributed by atoms with Crippen LogP contribution in [0.3, 0.4) is 0 Å². The second kappa shape index (κ2) is 3.41. The zero-order valence-electron chi connectivity index (χ0n) is 6.50. The van der Waals surface area contributed by atoms with Crippen LogP contribution < -0.4 is 10.6 Å². The van der Waals surface area contributed by atoms with E-state index in [-0.39, 0.29) is 30.1 Å². The molecule has 1 atom stereocenters. The molecule has 0 aromatic carbocycles. The van der Waals surface area contributed by atoms with E-state index in [0.717, 1.165) is 13.1 Å². The fourth-order valence-electron chi connectivity index (χ4n) is 1.55. The lowest BCUT2D eigenvalue weighted by atomic mass is 9.86. The third kappa shape index (κ3) is 1.44. The molecule has 2 saturated heterocycles. The molecule has 2 aliphatic heterocycles. The first-order chi connectivity index (χ1) is 5.27. The van der Waals surface area contributed by atoms with Crippen LogP contribution >= 0.6 is 12.4 Å². The SMILES string of the molecule is Cl.O=C1CC(C2CNC2)C(=O)N1. The fraction of sp³-hybridized carbons (Fsp3) is 0.714. The molecule has 2 N–H and O–H groups in total. The van der Waals surface area contributed by atoms with E-state index in [1.165, 1.54) is 0 Å². The Hall–Kier alpha value is -0.610. The minimum absolute atomic E-state index is 0. The Labute approximate surface area is 76.5 Å². The number of nitrogens with one attached hydrogen (secondary N) is 2. The Morgan fingerprint density at radius 1 is 1.25 bits per heavy atom. The number of carbonyl (C=O) groups is 2. The first-order valence-corrected chi connectivity index (χ1v) is 3.82. The first-order valence-electron chi connectivity index (χ1n) is 3.82. The van der Waals surface area contributed by atoms with E-state index >= 15 is 0 Å². The van der Waals surface area contributed by atoms with E-state index in [4.69, 9.17) is 0 Å². The van der Waals surface area contributed by atoms with E-state index in [1.54, 1.807) is 0 Å². The molecule has 0 bridgehead atoms. The number of amides is 2. The summed E-state index contributed by atoms with van der Waals surface area (Å²) >= 11 is 0. The van der Waals surface area contributed by atoms with E-state index in [0.29, 0.717) is 12.3 Å². The summed E-state index contributed by atoms with van der Waals surface area (Å²) < 4.78 is 0. The highest BCUT2D eigenvalue weighted by molar-refractivity contribution is 6.03. The number of rotatable bonds is 1. The molecule has 0 aromatic rings. The van der Waals surface area contributed by atoms with E-state index in [9.17, 15) is 9.59 Å². The lowest BCUT2D eigenvalue weighted by Crippen LogP contribution is -2.47. The number of hydrogen-bond donors (Lipinski definition) is 2. The third-order valence-electron chi connectivity index (χ3n) is 2.39. The van der Waals surface area contributed by atoms with Crippen molar-refractivity contribution >= 4 is 24.2 Å². The molecular weight excluding hydrogens is 180 g/mol. The van der Waals surface area contributed by atoms with Crippen molar-refractivity contribution in [1.82, 2.24) is 10.6 Å². The van der Waals surface area contributed by atoms with Gasteiger partial charge in [-0.15, -0.1) is 12.4 Å². The van der Waals surface area contributed by atoms with Crippen molar-refractivity contribution in [2.45, 2.75) is 6.42 Å². The van der Waals surface area contributed by atoms with E-state index in [1.807, 2.05) is 0 Å². The highest BCUT2D eigenvalue weighted by Gasteiger charge is 2.39. The zero-order chi connectivity index (χ0) is 7.84. The summed E-state index contributed by atoms with van der Waals surface area (Å²) in [4.78, 5) is 21.8. The minimum atomic E-state index is -0.119. The Morgan fingerprint density at radius 2 is 1.92 bits per heavy atom. The lowest BCUT2D eigenvalue weighted by Gasteiger charge is -2.30. The molecule has 4 nitrogen and oxygen atoms in total. The van der Waals surface area contributed by atoms with Gasteiger partial charge in [-0.25, -0.2) is 0 Å². The van der Waals surface area contributed by atoms with Gasteiger partial charge in [-0.05, 0) is 19.0 Å². The first kappa shape index (κ1) is 9.48.